The molecule has 1 aliphatic rings. The summed E-state index contributed by atoms with van der Waals surface area (Å²) in [5.41, 5.74) is 11.4. The molecular weight excluding hydrogens is 360 g/mol. The topological polar surface area (TPSA) is 89.5 Å². The number of benzene rings is 1. The standard InChI is InChI=1S/C19H20N6OS/c1-13-3-2-4-14(11-13)15(20)5-6-21-19-23-17-16(27-12-22-17)18(24-19)25-7-9-26-10-8-25/h2-6,11-12H,7-10,20H2,1H3/b15-5-,21-6+. The molecule has 1 aliphatic heterocycles. The summed E-state index contributed by atoms with van der Waals surface area (Å²) >= 11 is 1.54. The molecule has 3 aromatic rings. The van der Waals surface area contributed by atoms with Gasteiger partial charge in [-0.15, -0.1) is 11.3 Å². The lowest BCUT2D eigenvalue weighted by molar-refractivity contribution is 0.122. The second kappa shape index (κ2) is 7.81. The molecule has 27 heavy (non-hydrogen) atoms. The number of rotatable bonds is 4. The van der Waals surface area contributed by atoms with Gasteiger partial charge in [-0.05, 0) is 24.6 Å². The van der Waals surface area contributed by atoms with Crippen LogP contribution in [0.2, 0.25) is 0 Å². The minimum Gasteiger partial charge on any atom is -0.398 e. The van der Waals surface area contributed by atoms with Crippen LogP contribution in [0.4, 0.5) is 11.8 Å². The average Bonchev–Trinajstić information content (AvgIpc) is 3.16. The van der Waals surface area contributed by atoms with Crippen molar-refractivity contribution in [3.8, 4) is 0 Å². The molecular formula is C19H20N6OS. The van der Waals surface area contributed by atoms with Crippen LogP contribution in [0.15, 0.2) is 40.8 Å². The number of hydrogen-bond acceptors (Lipinski definition) is 8. The van der Waals surface area contributed by atoms with Gasteiger partial charge in [-0.1, -0.05) is 23.8 Å². The van der Waals surface area contributed by atoms with Gasteiger partial charge in [-0.25, -0.2) is 9.98 Å². The Kier molecular flexibility index (Phi) is 5.08. The Morgan fingerprint density at radius 2 is 2.15 bits per heavy atom. The molecule has 0 spiro atoms. The monoisotopic (exact) mass is 380 g/mol. The number of allylic oxidation sites excluding steroid dienone is 1. The first-order chi connectivity index (χ1) is 13.2. The SMILES string of the molecule is Cc1cccc(/C(N)=C/C=N/c2nc(N3CCOCC3)c3scnc3n2)c1. The van der Waals surface area contributed by atoms with Gasteiger partial charge in [-0.3, -0.25) is 0 Å². The Labute approximate surface area is 161 Å². The highest BCUT2D eigenvalue weighted by Gasteiger charge is 2.18. The van der Waals surface area contributed by atoms with Crippen LogP contribution in [0.25, 0.3) is 16.0 Å². The summed E-state index contributed by atoms with van der Waals surface area (Å²) in [6.07, 6.45) is 3.39. The predicted molar refractivity (Wildman–Crippen MR) is 110 cm³/mol. The first-order valence-electron chi connectivity index (χ1n) is 8.71. The van der Waals surface area contributed by atoms with E-state index >= 15 is 0 Å². The fourth-order valence-corrected chi connectivity index (χ4v) is 3.63. The number of aromatic nitrogens is 3. The van der Waals surface area contributed by atoms with Crippen molar-refractivity contribution in [2.24, 2.45) is 10.7 Å². The molecule has 7 nitrogen and oxygen atoms in total. The third kappa shape index (κ3) is 3.96. The zero-order valence-corrected chi connectivity index (χ0v) is 15.8. The fourth-order valence-electron chi connectivity index (χ4n) is 2.89. The van der Waals surface area contributed by atoms with Crippen LogP contribution in [0.3, 0.4) is 0 Å². The lowest BCUT2D eigenvalue weighted by Crippen LogP contribution is -2.36. The zero-order valence-electron chi connectivity index (χ0n) is 15.0. The number of hydrogen-bond donors (Lipinski definition) is 1. The fraction of sp³-hybridized carbons (Fsp3) is 0.263. The van der Waals surface area contributed by atoms with Gasteiger partial charge in [0.1, 0.15) is 4.70 Å². The maximum atomic E-state index is 6.15. The van der Waals surface area contributed by atoms with E-state index in [-0.39, 0.29) is 0 Å². The van der Waals surface area contributed by atoms with Gasteiger partial charge in [-0.2, -0.15) is 9.97 Å². The maximum absolute atomic E-state index is 6.15. The van der Waals surface area contributed by atoms with E-state index in [0.29, 0.717) is 30.5 Å². The predicted octanol–water partition coefficient (Wildman–Crippen LogP) is 2.93. The molecule has 0 bridgehead atoms. The zero-order chi connectivity index (χ0) is 18.6. The van der Waals surface area contributed by atoms with Gasteiger partial charge in [0.25, 0.3) is 5.95 Å². The van der Waals surface area contributed by atoms with Crippen molar-refractivity contribution in [2.45, 2.75) is 6.92 Å². The molecule has 4 rings (SSSR count). The molecule has 0 atom stereocenters. The second-order valence-corrected chi connectivity index (χ2v) is 7.08. The molecule has 2 aromatic heterocycles. The Hall–Kier alpha value is -2.84. The molecule has 138 valence electrons. The Morgan fingerprint density at radius 1 is 1.30 bits per heavy atom. The normalized spacial score (nSPS) is 15.7. The Balaban J connectivity index is 1.61. The summed E-state index contributed by atoms with van der Waals surface area (Å²) in [7, 11) is 0. The van der Waals surface area contributed by atoms with Gasteiger partial charge in [0.15, 0.2) is 11.5 Å². The molecule has 2 N–H and O–H groups in total. The number of morpholine rings is 1. The number of nitrogens with zero attached hydrogens (tertiary/aromatic N) is 5. The number of thiazole rings is 1. The lowest BCUT2D eigenvalue weighted by Gasteiger charge is -2.27. The molecule has 0 saturated carbocycles. The molecule has 0 amide bonds. The maximum Gasteiger partial charge on any atom is 0.253 e. The number of nitrogens with two attached hydrogens (primary N) is 1. The molecule has 1 aromatic carbocycles. The third-order valence-electron chi connectivity index (χ3n) is 4.27. The van der Waals surface area contributed by atoms with Crippen molar-refractivity contribution in [3.05, 3.63) is 47.0 Å². The molecule has 3 heterocycles. The average molecular weight is 380 g/mol. The van der Waals surface area contributed by atoms with Crippen molar-refractivity contribution < 1.29 is 4.74 Å². The molecule has 1 saturated heterocycles. The molecule has 0 radical (unpaired) electrons. The van der Waals surface area contributed by atoms with Gasteiger partial charge in [0.05, 0.1) is 18.7 Å². The molecule has 0 unspecified atom stereocenters. The van der Waals surface area contributed by atoms with E-state index < -0.39 is 0 Å². The Morgan fingerprint density at radius 3 is 2.96 bits per heavy atom. The summed E-state index contributed by atoms with van der Waals surface area (Å²) in [5.74, 6) is 1.25. The smallest absolute Gasteiger partial charge is 0.253 e. The van der Waals surface area contributed by atoms with Crippen LogP contribution >= 0.6 is 11.3 Å². The summed E-state index contributed by atoms with van der Waals surface area (Å²) in [5, 5.41) is 0. The van der Waals surface area contributed by atoms with Crippen LogP contribution < -0.4 is 10.6 Å². The Bertz CT molecular complexity index is 1010. The van der Waals surface area contributed by atoms with Crippen LogP contribution in [0, 0.1) is 6.92 Å². The minimum absolute atomic E-state index is 0.378. The highest BCUT2D eigenvalue weighted by Crippen LogP contribution is 2.29. The van der Waals surface area contributed by atoms with E-state index in [1.807, 2.05) is 31.2 Å². The highest BCUT2D eigenvalue weighted by molar-refractivity contribution is 7.17. The van der Waals surface area contributed by atoms with Crippen molar-refractivity contribution >= 4 is 45.4 Å². The van der Waals surface area contributed by atoms with Gasteiger partial charge < -0.3 is 15.4 Å². The summed E-state index contributed by atoms with van der Waals surface area (Å²) in [6, 6.07) is 8.03. The van der Waals surface area contributed by atoms with Crippen molar-refractivity contribution in [3.63, 3.8) is 0 Å². The van der Waals surface area contributed by atoms with E-state index in [0.717, 1.165) is 34.7 Å². The lowest BCUT2D eigenvalue weighted by atomic mass is 10.1. The number of aryl methyl sites for hydroxylation is 1. The number of fused-ring (bicyclic) bond motifs is 1. The van der Waals surface area contributed by atoms with Crippen LogP contribution in [-0.2, 0) is 4.74 Å². The first-order valence-corrected chi connectivity index (χ1v) is 9.59. The van der Waals surface area contributed by atoms with Gasteiger partial charge in [0, 0.05) is 25.0 Å². The van der Waals surface area contributed by atoms with Crippen molar-refractivity contribution in [2.75, 3.05) is 31.2 Å². The van der Waals surface area contributed by atoms with Gasteiger partial charge >= 0.3 is 0 Å². The molecule has 0 aliphatic carbocycles. The van der Waals surface area contributed by atoms with E-state index in [1.165, 1.54) is 0 Å². The summed E-state index contributed by atoms with van der Waals surface area (Å²) in [4.78, 5) is 20.0. The van der Waals surface area contributed by atoms with E-state index in [1.54, 1.807) is 29.1 Å². The van der Waals surface area contributed by atoms with Crippen molar-refractivity contribution in [1.82, 2.24) is 15.0 Å². The summed E-state index contributed by atoms with van der Waals surface area (Å²) < 4.78 is 6.42. The first kappa shape index (κ1) is 17.6. The van der Waals surface area contributed by atoms with Crippen molar-refractivity contribution in [1.29, 1.82) is 0 Å². The quantitative estimate of drug-likeness (QED) is 0.700. The number of anilines is 1. The van der Waals surface area contributed by atoms with E-state index in [9.17, 15) is 0 Å². The van der Waals surface area contributed by atoms with E-state index in [2.05, 4.69) is 24.8 Å². The third-order valence-corrected chi connectivity index (χ3v) is 5.08. The van der Waals surface area contributed by atoms with Crippen LogP contribution in [0.5, 0.6) is 0 Å². The second-order valence-electron chi connectivity index (χ2n) is 6.22. The van der Waals surface area contributed by atoms with E-state index in [4.69, 9.17) is 10.5 Å². The van der Waals surface area contributed by atoms with Gasteiger partial charge in [0.2, 0.25) is 0 Å². The van der Waals surface area contributed by atoms with Crippen LogP contribution in [0.1, 0.15) is 11.1 Å². The number of ether oxygens (including phenoxy) is 1. The number of aliphatic imine (C=N–C) groups is 1. The van der Waals surface area contributed by atoms with Crippen LogP contribution in [-0.4, -0.2) is 47.5 Å². The molecule has 8 heteroatoms. The summed E-state index contributed by atoms with van der Waals surface area (Å²) in [6.45, 7) is 5.02. The minimum atomic E-state index is 0.378. The molecule has 1 fully saturated rings. The highest BCUT2D eigenvalue weighted by atomic mass is 32.1. The largest absolute Gasteiger partial charge is 0.398 e.